The number of aromatic nitrogens is 1. The molecule has 1 aromatic carbocycles. The highest BCUT2D eigenvalue weighted by molar-refractivity contribution is 6.33. The zero-order valence-electron chi connectivity index (χ0n) is 10.5. The first-order valence-electron chi connectivity index (χ1n) is 6.31. The van der Waals surface area contributed by atoms with E-state index in [1.165, 1.54) is 6.07 Å². The van der Waals surface area contributed by atoms with E-state index in [9.17, 15) is 9.90 Å². The first kappa shape index (κ1) is 13.0. The third kappa shape index (κ3) is 2.04. The van der Waals surface area contributed by atoms with E-state index in [0.717, 1.165) is 36.8 Å². The van der Waals surface area contributed by atoms with E-state index in [0.29, 0.717) is 10.6 Å². The van der Waals surface area contributed by atoms with E-state index in [4.69, 9.17) is 21.2 Å². The lowest BCUT2D eigenvalue weighted by Gasteiger charge is -2.19. The minimum Gasteiger partial charge on any atom is -0.506 e. The topological polar surface area (TPSA) is 83.6 Å². The number of phenolic OH excluding ortho intramolecular Hbond substituents is 1. The molecule has 0 aliphatic heterocycles. The van der Waals surface area contributed by atoms with Crippen LogP contribution >= 0.6 is 11.6 Å². The molecule has 0 atom stereocenters. The largest absolute Gasteiger partial charge is 0.506 e. The van der Waals surface area contributed by atoms with E-state index < -0.39 is 5.97 Å². The van der Waals surface area contributed by atoms with Gasteiger partial charge in [0, 0.05) is 6.07 Å². The van der Waals surface area contributed by atoms with Gasteiger partial charge in [-0.3, -0.25) is 0 Å². The molecule has 3 rings (SSSR count). The predicted octanol–water partition coefficient (Wildman–Crippen LogP) is 3.28. The summed E-state index contributed by atoms with van der Waals surface area (Å²) in [6.45, 7) is 0. The summed E-state index contributed by atoms with van der Waals surface area (Å²) in [6.07, 6.45) is 3.86. The Morgan fingerprint density at radius 1 is 1.30 bits per heavy atom. The van der Waals surface area contributed by atoms with Gasteiger partial charge in [0.1, 0.15) is 5.75 Å². The summed E-state index contributed by atoms with van der Waals surface area (Å²) in [5, 5.41) is 22.8. The van der Waals surface area contributed by atoms with Crippen molar-refractivity contribution in [3.63, 3.8) is 0 Å². The number of carbonyl (C=O) groups is 1. The molecule has 20 heavy (non-hydrogen) atoms. The standard InChI is InChI=1S/C14H12ClNO4/c15-12-8-4-2-1-3-7(8)5-9(13(12)17)11-6-10(14(18)19)16-20-11/h5-6,17H,1-4H2,(H,18,19). The van der Waals surface area contributed by atoms with Crippen LogP contribution in [-0.2, 0) is 12.8 Å². The number of carboxylic acids is 1. The Morgan fingerprint density at radius 3 is 2.75 bits per heavy atom. The van der Waals surface area contributed by atoms with Crippen LogP contribution < -0.4 is 0 Å². The van der Waals surface area contributed by atoms with Crippen molar-refractivity contribution in [3.8, 4) is 17.1 Å². The third-order valence-corrected chi connectivity index (χ3v) is 3.96. The molecule has 0 unspecified atom stereocenters. The van der Waals surface area contributed by atoms with Crippen LogP contribution in [0.1, 0.15) is 34.5 Å². The van der Waals surface area contributed by atoms with Crippen molar-refractivity contribution in [2.75, 3.05) is 0 Å². The summed E-state index contributed by atoms with van der Waals surface area (Å²) in [6, 6.07) is 3.09. The molecule has 0 bridgehead atoms. The zero-order valence-corrected chi connectivity index (χ0v) is 11.3. The van der Waals surface area contributed by atoms with E-state index in [-0.39, 0.29) is 17.2 Å². The molecule has 1 aromatic heterocycles. The fourth-order valence-corrected chi connectivity index (χ4v) is 2.85. The number of aryl methyl sites for hydroxylation is 1. The van der Waals surface area contributed by atoms with Crippen molar-refractivity contribution in [2.24, 2.45) is 0 Å². The average molecular weight is 294 g/mol. The number of hydrogen-bond acceptors (Lipinski definition) is 4. The molecule has 0 amide bonds. The van der Waals surface area contributed by atoms with Crippen molar-refractivity contribution in [3.05, 3.63) is 34.0 Å². The highest BCUT2D eigenvalue weighted by Gasteiger charge is 2.22. The molecule has 0 saturated heterocycles. The van der Waals surface area contributed by atoms with E-state index in [2.05, 4.69) is 5.16 Å². The van der Waals surface area contributed by atoms with Crippen LogP contribution in [0.15, 0.2) is 16.7 Å². The molecule has 1 aliphatic carbocycles. The van der Waals surface area contributed by atoms with Crippen LogP contribution in [0.5, 0.6) is 5.75 Å². The van der Waals surface area contributed by atoms with Gasteiger partial charge in [-0.25, -0.2) is 4.79 Å². The van der Waals surface area contributed by atoms with Gasteiger partial charge in [0.05, 0.1) is 10.6 Å². The number of hydrogen-bond donors (Lipinski definition) is 2. The van der Waals surface area contributed by atoms with Crippen molar-refractivity contribution >= 4 is 17.6 Å². The molecule has 0 radical (unpaired) electrons. The number of benzene rings is 1. The lowest BCUT2D eigenvalue weighted by atomic mass is 9.89. The molecule has 2 N–H and O–H groups in total. The molecular weight excluding hydrogens is 282 g/mol. The smallest absolute Gasteiger partial charge is 0.358 e. The quantitative estimate of drug-likeness (QED) is 0.887. The van der Waals surface area contributed by atoms with Crippen LogP contribution in [0.3, 0.4) is 0 Å². The highest BCUT2D eigenvalue weighted by Crippen LogP contribution is 2.42. The molecule has 0 fully saturated rings. The number of halogens is 1. The van der Waals surface area contributed by atoms with Gasteiger partial charge in [-0.2, -0.15) is 0 Å². The number of fused-ring (bicyclic) bond motifs is 1. The Balaban J connectivity index is 2.13. The van der Waals surface area contributed by atoms with Gasteiger partial charge in [0.15, 0.2) is 11.5 Å². The van der Waals surface area contributed by atoms with E-state index in [1.807, 2.05) is 6.07 Å². The molecule has 0 saturated carbocycles. The number of aromatic carboxylic acids is 1. The number of rotatable bonds is 2. The van der Waals surface area contributed by atoms with Gasteiger partial charge in [-0.15, -0.1) is 0 Å². The Hall–Kier alpha value is -2.01. The van der Waals surface area contributed by atoms with Gasteiger partial charge >= 0.3 is 5.97 Å². The highest BCUT2D eigenvalue weighted by atomic mass is 35.5. The first-order chi connectivity index (χ1) is 9.58. The van der Waals surface area contributed by atoms with Gasteiger partial charge < -0.3 is 14.7 Å². The summed E-state index contributed by atoms with van der Waals surface area (Å²) in [4.78, 5) is 10.8. The molecule has 5 nitrogen and oxygen atoms in total. The van der Waals surface area contributed by atoms with E-state index in [1.54, 1.807) is 0 Å². The maximum atomic E-state index is 10.8. The van der Waals surface area contributed by atoms with Crippen molar-refractivity contribution in [2.45, 2.75) is 25.7 Å². The summed E-state index contributed by atoms with van der Waals surface area (Å²) in [5.74, 6) is -1.06. The Morgan fingerprint density at radius 2 is 2.05 bits per heavy atom. The second-order valence-electron chi connectivity index (χ2n) is 4.81. The second kappa shape index (κ2) is 4.83. The molecule has 2 aromatic rings. The third-order valence-electron chi connectivity index (χ3n) is 3.55. The summed E-state index contributed by atoms with van der Waals surface area (Å²) >= 11 is 6.21. The number of phenols is 1. The minimum atomic E-state index is -1.18. The molecule has 6 heteroatoms. The summed E-state index contributed by atoms with van der Waals surface area (Å²) < 4.78 is 4.99. The summed E-state index contributed by atoms with van der Waals surface area (Å²) in [7, 11) is 0. The van der Waals surface area contributed by atoms with Gasteiger partial charge in [0.25, 0.3) is 0 Å². The number of aromatic hydroxyl groups is 1. The molecule has 0 spiro atoms. The lowest BCUT2D eigenvalue weighted by Crippen LogP contribution is -2.04. The SMILES string of the molecule is O=C(O)c1cc(-c2cc3c(c(Cl)c2O)CCCC3)on1. The van der Waals surface area contributed by atoms with Crippen molar-refractivity contribution < 1.29 is 19.5 Å². The van der Waals surface area contributed by atoms with Gasteiger partial charge in [-0.05, 0) is 42.9 Å². The van der Waals surface area contributed by atoms with Crippen LogP contribution in [-0.4, -0.2) is 21.3 Å². The average Bonchev–Trinajstić information content (AvgIpc) is 2.92. The molecule has 1 heterocycles. The van der Waals surface area contributed by atoms with Crippen molar-refractivity contribution in [1.29, 1.82) is 0 Å². The second-order valence-corrected chi connectivity index (χ2v) is 5.19. The monoisotopic (exact) mass is 293 g/mol. The Kier molecular flexibility index (Phi) is 3.14. The van der Waals surface area contributed by atoms with Crippen LogP contribution in [0.4, 0.5) is 0 Å². The van der Waals surface area contributed by atoms with Crippen molar-refractivity contribution in [1.82, 2.24) is 5.16 Å². The van der Waals surface area contributed by atoms with Crippen LogP contribution in [0.25, 0.3) is 11.3 Å². The Labute approximate surface area is 119 Å². The lowest BCUT2D eigenvalue weighted by molar-refractivity contribution is 0.0686. The number of nitrogens with zero attached hydrogens (tertiary/aromatic N) is 1. The Bertz CT molecular complexity index is 693. The van der Waals surface area contributed by atoms with E-state index >= 15 is 0 Å². The zero-order chi connectivity index (χ0) is 14.3. The van der Waals surface area contributed by atoms with Crippen LogP contribution in [0, 0.1) is 0 Å². The van der Waals surface area contributed by atoms with Gasteiger partial charge in [0.2, 0.25) is 0 Å². The minimum absolute atomic E-state index is 0.0830. The maximum Gasteiger partial charge on any atom is 0.358 e. The normalized spacial score (nSPS) is 14.1. The predicted molar refractivity (Wildman–Crippen MR) is 72.2 cm³/mol. The number of carboxylic acid groups (broad SMARTS) is 1. The van der Waals surface area contributed by atoms with Gasteiger partial charge in [-0.1, -0.05) is 16.8 Å². The summed E-state index contributed by atoms with van der Waals surface area (Å²) in [5.41, 5.74) is 2.23. The molecular formula is C14H12ClNO4. The molecule has 104 valence electrons. The maximum absolute atomic E-state index is 10.8. The van der Waals surface area contributed by atoms with Crippen LogP contribution in [0.2, 0.25) is 5.02 Å². The molecule has 1 aliphatic rings. The fraction of sp³-hybridized carbons (Fsp3) is 0.286. The first-order valence-corrected chi connectivity index (χ1v) is 6.69. The fourth-order valence-electron chi connectivity index (χ4n) is 2.53.